The van der Waals surface area contributed by atoms with E-state index < -0.39 is 27.1 Å². The van der Waals surface area contributed by atoms with Gasteiger partial charge in [-0.15, -0.1) is 6.58 Å². The van der Waals surface area contributed by atoms with Gasteiger partial charge in [-0.2, -0.15) is 0 Å². The van der Waals surface area contributed by atoms with Gasteiger partial charge in [0.15, 0.2) is 0 Å². The molecule has 0 heterocycles. The van der Waals surface area contributed by atoms with Crippen molar-refractivity contribution < 1.29 is 37.9 Å². The van der Waals surface area contributed by atoms with Gasteiger partial charge in [0, 0.05) is 0 Å². The molecule has 0 bridgehead atoms. The van der Waals surface area contributed by atoms with E-state index in [1.54, 1.807) is 0 Å². The van der Waals surface area contributed by atoms with Gasteiger partial charge in [-0.3, -0.25) is 4.57 Å². The van der Waals surface area contributed by atoms with Crippen LogP contribution >= 0.6 is 7.82 Å². The minimum atomic E-state index is -4.41. The number of likely N-dealkylation sites (N-methyl/N-ethyl adjacent to an activating group) is 1. The number of phosphoric ester groups is 1. The molecule has 0 radical (unpaired) electrons. The van der Waals surface area contributed by atoms with Crippen molar-refractivity contribution in [2.24, 2.45) is 0 Å². The number of hydrogen-bond donors (Lipinski definition) is 1. The van der Waals surface area contributed by atoms with Crippen molar-refractivity contribution in [2.45, 2.75) is 6.10 Å². The highest BCUT2D eigenvalue weighted by molar-refractivity contribution is 7.45. The first-order chi connectivity index (χ1) is 9.20. The number of aliphatic hydroxyl groups excluding tert-OH is 1. The topological polar surface area (TPSA) is 97.3 Å². The Labute approximate surface area is 119 Å². The van der Waals surface area contributed by atoms with E-state index in [0.29, 0.717) is 11.0 Å². The molecule has 0 aliphatic carbocycles. The Bertz CT molecular complexity index is 318. The lowest BCUT2D eigenvalue weighted by molar-refractivity contribution is -0.870. The molecule has 0 aromatic carbocycles. The number of aliphatic hydroxyl groups is 1. The van der Waals surface area contributed by atoms with Crippen LogP contribution in [-0.2, 0) is 23.4 Å². The van der Waals surface area contributed by atoms with Crippen molar-refractivity contribution in [3.8, 4) is 0 Å². The zero-order valence-corrected chi connectivity index (χ0v) is 13.1. The second-order valence-electron chi connectivity index (χ2n) is 5.06. The predicted molar refractivity (Wildman–Crippen MR) is 70.5 cm³/mol. The van der Waals surface area contributed by atoms with Gasteiger partial charge >= 0.3 is 0 Å². The monoisotopic (exact) mass is 313 g/mol. The molecular weight excluding hydrogens is 289 g/mol. The van der Waals surface area contributed by atoms with E-state index in [1.807, 2.05) is 21.1 Å². The summed E-state index contributed by atoms with van der Waals surface area (Å²) in [6.07, 6.45) is 0.529. The van der Waals surface area contributed by atoms with E-state index in [1.165, 1.54) is 6.08 Å². The van der Waals surface area contributed by atoms with Gasteiger partial charge in [0.2, 0.25) is 0 Å². The highest BCUT2D eigenvalue weighted by atomic mass is 31.2. The quantitative estimate of drug-likeness (QED) is 0.132. The van der Waals surface area contributed by atoms with Gasteiger partial charge in [-0.05, 0) is 0 Å². The molecule has 1 unspecified atom stereocenters. The second kappa shape index (κ2) is 9.59. The van der Waals surface area contributed by atoms with E-state index in [9.17, 15) is 9.46 Å². The van der Waals surface area contributed by atoms with Crippen molar-refractivity contribution in [3.63, 3.8) is 0 Å². The van der Waals surface area contributed by atoms with Gasteiger partial charge in [-0.25, -0.2) is 9.78 Å². The normalized spacial score (nSPS) is 16.6. The first-order valence-corrected chi connectivity index (χ1v) is 7.57. The third-order valence-corrected chi connectivity index (χ3v) is 2.99. The van der Waals surface area contributed by atoms with Crippen molar-refractivity contribution in [1.29, 1.82) is 0 Å². The van der Waals surface area contributed by atoms with E-state index in [4.69, 9.17) is 14.5 Å². The van der Waals surface area contributed by atoms with Crippen LogP contribution in [0.1, 0.15) is 0 Å². The van der Waals surface area contributed by atoms with Crippen molar-refractivity contribution in [1.82, 2.24) is 0 Å². The minimum Gasteiger partial charge on any atom is -0.756 e. The number of phosphoric acid groups is 1. The summed E-state index contributed by atoms with van der Waals surface area (Å²) in [5, 5.41) is 8.96. The molecule has 0 saturated heterocycles. The maximum absolute atomic E-state index is 11.4. The fraction of sp³-hybridized carbons (Fsp3) is 0.818. The Morgan fingerprint density at radius 2 is 2.05 bits per heavy atom. The largest absolute Gasteiger partial charge is 0.756 e. The molecule has 0 fully saturated rings. The van der Waals surface area contributed by atoms with Gasteiger partial charge < -0.3 is 23.5 Å². The van der Waals surface area contributed by atoms with E-state index >= 15 is 0 Å². The maximum atomic E-state index is 11.4. The molecule has 0 aliphatic heterocycles. The molecule has 0 rings (SSSR count). The molecule has 9 heteroatoms. The molecule has 0 aromatic rings. The lowest BCUT2D eigenvalue weighted by atomic mass is 10.4. The molecule has 0 spiro atoms. The Morgan fingerprint density at radius 1 is 1.40 bits per heavy atom. The summed E-state index contributed by atoms with van der Waals surface area (Å²) in [7, 11) is 1.32. The highest BCUT2D eigenvalue weighted by Crippen LogP contribution is 2.38. The molecule has 0 aromatic heterocycles. The predicted octanol–water partition coefficient (Wildman–Crippen LogP) is -0.311. The molecule has 2 atom stereocenters. The Morgan fingerprint density at radius 3 is 2.55 bits per heavy atom. The summed E-state index contributed by atoms with van der Waals surface area (Å²) in [6.45, 7) is 3.21. The molecule has 0 amide bonds. The Balaban J connectivity index is 3.99. The summed E-state index contributed by atoms with van der Waals surface area (Å²) in [5.41, 5.74) is 0. The van der Waals surface area contributed by atoms with Crippen LogP contribution in [0.5, 0.6) is 0 Å². The number of quaternary nitrogens is 1. The maximum Gasteiger partial charge on any atom is 0.268 e. The first kappa shape index (κ1) is 19.7. The highest BCUT2D eigenvalue weighted by Gasteiger charge is 2.17. The van der Waals surface area contributed by atoms with E-state index in [2.05, 4.69) is 16.0 Å². The third kappa shape index (κ3) is 11.5. The van der Waals surface area contributed by atoms with Gasteiger partial charge in [0.1, 0.15) is 25.9 Å². The van der Waals surface area contributed by atoms with E-state index in [-0.39, 0.29) is 13.2 Å². The summed E-state index contributed by atoms with van der Waals surface area (Å²) in [4.78, 5) is 20.8. The lowest BCUT2D eigenvalue weighted by Gasteiger charge is -2.27. The van der Waals surface area contributed by atoms with Crippen LogP contribution in [0.15, 0.2) is 12.7 Å². The fourth-order valence-corrected chi connectivity index (χ4v) is 1.66. The van der Waals surface area contributed by atoms with E-state index in [0.717, 1.165) is 0 Å². The van der Waals surface area contributed by atoms with Crippen molar-refractivity contribution >= 4 is 7.82 Å². The standard InChI is InChI=1S/C11H24NO7P/c1-5-7-16-19-11(9-13)10-18-20(14,15)17-8-6-12(2,3)4/h5,11,13H,1,6-10H2,2-4H3/t11-/m0/s1. The summed E-state index contributed by atoms with van der Waals surface area (Å²) in [6, 6.07) is 0. The van der Waals surface area contributed by atoms with Crippen LogP contribution in [0.2, 0.25) is 0 Å². The Hall–Kier alpha value is -0.310. The summed E-state index contributed by atoms with van der Waals surface area (Å²) < 4.78 is 21.3. The van der Waals surface area contributed by atoms with Crippen LogP contribution in [0, 0.1) is 0 Å². The molecule has 0 aliphatic rings. The van der Waals surface area contributed by atoms with Crippen molar-refractivity contribution in [2.75, 3.05) is 54.1 Å². The van der Waals surface area contributed by atoms with Crippen LogP contribution in [0.4, 0.5) is 0 Å². The van der Waals surface area contributed by atoms with Crippen LogP contribution < -0.4 is 4.89 Å². The molecule has 8 nitrogen and oxygen atoms in total. The molecule has 120 valence electrons. The molecule has 0 saturated carbocycles. The van der Waals surface area contributed by atoms with Crippen LogP contribution in [0.3, 0.4) is 0 Å². The summed E-state index contributed by atoms with van der Waals surface area (Å²) in [5.74, 6) is 0. The fourth-order valence-electron chi connectivity index (χ4n) is 0.933. The SMILES string of the molecule is C=CCOO[C@@H](CO)COP(=O)([O-])OCC[N+](C)(C)C. The smallest absolute Gasteiger partial charge is 0.268 e. The second-order valence-corrected chi connectivity index (χ2v) is 6.47. The van der Waals surface area contributed by atoms with Gasteiger partial charge in [0.05, 0.1) is 34.4 Å². The van der Waals surface area contributed by atoms with Crippen LogP contribution in [-0.4, -0.2) is 69.8 Å². The van der Waals surface area contributed by atoms with Gasteiger partial charge in [-0.1, -0.05) is 6.08 Å². The zero-order chi connectivity index (χ0) is 15.6. The average molecular weight is 313 g/mol. The number of rotatable bonds is 12. The third-order valence-electron chi connectivity index (χ3n) is 2.02. The average Bonchev–Trinajstić information content (AvgIpc) is 2.31. The summed E-state index contributed by atoms with van der Waals surface area (Å²) >= 11 is 0. The number of hydrogen-bond acceptors (Lipinski definition) is 7. The van der Waals surface area contributed by atoms with Crippen molar-refractivity contribution in [3.05, 3.63) is 12.7 Å². The van der Waals surface area contributed by atoms with Gasteiger partial charge in [0.25, 0.3) is 7.82 Å². The zero-order valence-electron chi connectivity index (χ0n) is 12.2. The Kier molecular flexibility index (Phi) is 9.45. The molecule has 20 heavy (non-hydrogen) atoms. The molecular formula is C11H24NO7P. The minimum absolute atomic E-state index is 0.0158. The number of nitrogens with zero attached hydrogens (tertiary/aromatic N) is 1. The molecule has 1 N–H and O–H groups in total. The first-order valence-electron chi connectivity index (χ1n) is 6.11. The lowest BCUT2D eigenvalue weighted by Crippen LogP contribution is -2.37. The van der Waals surface area contributed by atoms with Crippen LogP contribution in [0.25, 0.3) is 0 Å².